The van der Waals surface area contributed by atoms with Crippen LogP contribution in [-0.2, 0) is 19.1 Å². The number of hydrogen-bond acceptors (Lipinski definition) is 5. The minimum atomic E-state index is -1.16. The number of nitrogens with one attached hydrogen (secondary N) is 2. The van der Waals surface area contributed by atoms with Crippen LogP contribution in [0.4, 0.5) is 5.69 Å². The first-order chi connectivity index (χ1) is 11.8. The molecular weight excluding hydrogens is 344 g/mol. The number of carboxylic acid groups (broad SMARTS) is 1. The molecule has 136 valence electrons. The molecule has 2 amide bonds. The molecule has 2 atom stereocenters. The number of thioether (sulfide) groups is 1. The van der Waals surface area contributed by atoms with Crippen LogP contribution in [0.1, 0.15) is 13.8 Å². The lowest BCUT2D eigenvalue weighted by molar-refractivity contribution is -0.143. The molecule has 0 heterocycles. The summed E-state index contributed by atoms with van der Waals surface area (Å²) in [5, 5.41) is 13.8. The van der Waals surface area contributed by atoms with E-state index in [0.29, 0.717) is 5.69 Å². The van der Waals surface area contributed by atoms with Gasteiger partial charge < -0.3 is 20.5 Å². The van der Waals surface area contributed by atoms with E-state index in [0.717, 1.165) is 4.90 Å². The average molecular weight is 366 g/mol. The Kier molecular flexibility index (Phi) is 8.73. The zero-order valence-corrected chi connectivity index (χ0v) is 15.0. The second-order valence-electron chi connectivity index (χ2n) is 5.19. The number of anilines is 1. The van der Waals surface area contributed by atoms with Gasteiger partial charge in [-0.2, -0.15) is 0 Å². The Morgan fingerprint density at radius 3 is 2.48 bits per heavy atom. The Bertz CT molecular complexity index is 618. The Labute approximate surface area is 150 Å². The predicted molar refractivity (Wildman–Crippen MR) is 96.6 cm³/mol. The van der Waals surface area contributed by atoms with Gasteiger partial charge in [-0.1, -0.05) is 6.08 Å². The normalized spacial score (nSPS) is 12.7. The molecule has 8 heteroatoms. The number of carbonyl (C=O) groups is 3. The molecule has 2 unspecified atom stereocenters. The number of carbonyl (C=O) groups excluding carboxylic acids is 2. The van der Waals surface area contributed by atoms with Crippen molar-refractivity contribution in [2.24, 2.45) is 0 Å². The van der Waals surface area contributed by atoms with Crippen molar-refractivity contribution >= 4 is 35.2 Å². The predicted octanol–water partition coefficient (Wildman–Crippen LogP) is 1.90. The fourth-order valence-electron chi connectivity index (χ4n) is 1.81. The monoisotopic (exact) mass is 366 g/mol. The van der Waals surface area contributed by atoms with Crippen LogP contribution < -0.4 is 10.6 Å². The first-order valence-corrected chi connectivity index (χ1v) is 8.47. The highest BCUT2D eigenvalue weighted by atomic mass is 32.2. The van der Waals surface area contributed by atoms with E-state index in [1.54, 1.807) is 31.2 Å². The largest absolute Gasteiger partial charge is 0.480 e. The van der Waals surface area contributed by atoms with Gasteiger partial charge in [0.1, 0.15) is 0 Å². The number of carboxylic acids is 1. The molecule has 7 nitrogen and oxygen atoms in total. The summed E-state index contributed by atoms with van der Waals surface area (Å²) < 4.78 is 5.10. The van der Waals surface area contributed by atoms with Gasteiger partial charge >= 0.3 is 5.97 Å². The second-order valence-corrected chi connectivity index (χ2v) is 6.61. The van der Waals surface area contributed by atoms with E-state index >= 15 is 0 Å². The molecule has 0 saturated heterocycles. The first kappa shape index (κ1) is 20.7. The Hall–Kier alpha value is -2.32. The van der Waals surface area contributed by atoms with Gasteiger partial charge in [0.05, 0.1) is 18.5 Å². The standard InChI is InChI=1S/C17H22N2O5S/c1-4-9-24-10-15(17(22)23)19-16(21)11(2)25-14-7-5-13(6-8-14)18-12(3)20/h4-8,11,15H,1,9-10H2,2-3H3,(H,18,20)(H,19,21)(H,22,23). The minimum absolute atomic E-state index is 0.129. The Morgan fingerprint density at radius 1 is 1.32 bits per heavy atom. The molecule has 0 aliphatic heterocycles. The number of hydrogen-bond donors (Lipinski definition) is 3. The summed E-state index contributed by atoms with van der Waals surface area (Å²) in [5.41, 5.74) is 0.666. The lowest BCUT2D eigenvalue weighted by atomic mass is 10.3. The molecular formula is C17H22N2O5S. The fraction of sp³-hybridized carbons (Fsp3) is 0.353. The van der Waals surface area contributed by atoms with E-state index in [1.165, 1.54) is 24.8 Å². The average Bonchev–Trinajstić information content (AvgIpc) is 2.55. The molecule has 0 fully saturated rings. The van der Waals surface area contributed by atoms with Crippen molar-refractivity contribution < 1.29 is 24.2 Å². The molecule has 0 spiro atoms. The van der Waals surface area contributed by atoms with Crippen molar-refractivity contribution in [3.05, 3.63) is 36.9 Å². The van der Waals surface area contributed by atoms with E-state index in [9.17, 15) is 14.4 Å². The third-order valence-corrected chi connectivity index (χ3v) is 4.10. The van der Waals surface area contributed by atoms with E-state index in [-0.39, 0.29) is 19.1 Å². The molecule has 0 aliphatic carbocycles. The van der Waals surface area contributed by atoms with Gasteiger partial charge in [-0.25, -0.2) is 4.79 Å². The maximum atomic E-state index is 12.2. The van der Waals surface area contributed by atoms with Crippen LogP contribution in [-0.4, -0.2) is 47.4 Å². The van der Waals surface area contributed by atoms with Crippen molar-refractivity contribution in [1.82, 2.24) is 5.32 Å². The maximum Gasteiger partial charge on any atom is 0.328 e. The number of benzene rings is 1. The van der Waals surface area contributed by atoms with Gasteiger partial charge in [-0.3, -0.25) is 9.59 Å². The molecule has 0 aromatic heterocycles. The molecule has 0 radical (unpaired) electrons. The van der Waals surface area contributed by atoms with Crippen LogP contribution in [0.3, 0.4) is 0 Å². The highest BCUT2D eigenvalue weighted by molar-refractivity contribution is 8.00. The van der Waals surface area contributed by atoms with Crippen molar-refractivity contribution in [3.8, 4) is 0 Å². The van der Waals surface area contributed by atoms with Crippen molar-refractivity contribution in [2.75, 3.05) is 18.5 Å². The smallest absolute Gasteiger partial charge is 0.328 e. The highest BCUT2D eigenvalue weighted by Crippen LogP contribution is 2.24. The van der Waals surface area contributed by atoms with E-state index in [4.69, 9.17) is 9.84 Å². The number of rotatable bonds is 10. The SMILES string of the molecule is C=CCOCC(NC(=O)C(C)Sc1ccc(NC(C)=O)cc1)C(=O)O. The van der Waals surface area contributed by atoms with E-state index < -0.39 is 23.2 Å². The van der Waals surface area contributed by atoms with Crippen molar-refractivity contribution in [3.63, 3.8) is 0 Å². The summed E-state index contributed by atoms with van der Waals surface area (Å²) in [4.78, 5) is 35.2. The van der Waals surface area contributed by atoms with Crippen LogP contribution in [0, 0.1) is 0 Å². The second kappa shape index (κ2) is 10.5. The van der Waals surface area contributed by atoms with Crippen LogP contribution in [0.15, 0.2) is 41.8 Å². The topological polar surface area (TPSA) is 105 Å². The summed E-state index contributed by atoms with van der Waals surface area (Å²) in [6.45, 7) is 6.67. The van der Waals surface area contributed by atoms with Gasteiger partial charge in [0, 0.05) is 17.5 Å². The third kappa shape index (κ3) is 7.86. The molecule has 25 heavy (non-hydrogen) atoms. The minimum Gasteiger partial charge on any atom is -0.480 e. The Balaban J connectivity index is 2.58. The summed E-state index contributed by atoms with van der Waals surface area (Å²) in [7, 11) is 0. The lowest BCUT2D eigenvalue weighted by Crippen LogP contribution is -2.46. The molecule has 0 saturated carbocycles. The molecule has 0 aliphatic rings. The summed E-state index contributed by atoms with van der Waals surface area (Å²) in [6, 6.07) is 5.91. The van der Waals surface area contributed by atoms with Crippen LogP contribution in [0.2, 0.25) is 0 Å². The zero-order valence-electron chi connectivity index (χ0n) is 14.2. The lowest BCUT2D eigenvalue weighted by Gasteiger charge is -2.17. The molecule has 0 bridgehead atoms. The van der Waals surface area contributed by atoms with Crippen LogP contribution in [0.25, 0.3) is 0 Å². The molecule has 1 aromatic rings. The van der Waals surface area contributed by atoms with Crippen LogP contribution >= 0.6 is 11.8 Å². The third-order valence-electron chi connectivity index (χ3n) is 2.99. The number of aliphatic carboxylic acids is 1. The van der Waals surface area contributed by atoms with Gasteiger partial charge in [0.2, 0.25) is 11.8 Å². The van der Waals surface area contributed by atoms with E-state index in [2.05, 4.69) is 17.2 Å². The highest BCUT2D eigenvalue weighted by Gasteiger charge is 2.23. The Morgan fingerprint density at radius 2 is 1.96 bits per heavy atom. The van der Waals surface area contributed by atoms with Gasteiger partial charge in [-0.05, 0) is 31.2 Å². The first-order valence-electron chi connectivity index (χ1n) is 7.59. The van der Waals surface area contributed by atoms with Crippen molar-refractivity contribution in [2.45, 2.75) is 30.0 Å². The van der Waals surface area contributed by atoms with Crippen LogP contribution in [0.5, 0.6) is 0 Å². The number of amides is 2. The van der Waals surface area contributed by atoms with Gasteiger partial charge in [0.15, 0.2) is 6.04 Å². The quantitative estimate of drug-likeness (QED) is 0.332. The molecule has 1 rings (SSSR count). The number of ether oxygens (including phenoxy) is 1. The fourth-order valence-corrected chi connectivity index (χ4v) is 2.69. The molecule has 1 aromatic carbocycles. The summed E-state index contributed by atoms with van der Waals surface area (Å²) in [5.74, 6) is -1.72. The molecule has 3 N–H and O–H groups in total. The maximum absolute atomic E-state index is 12.2. The van der Waals surface area contributed by atoms with Gasteiger partial charge in [0.25, 0.3) is 0 Å². The van der Waals surface area contributed by atoms with E-state index in [1.807, 2.05) is 0 Å². The van der Waals surface area contributed by atoms with Gasteiger partial charge in [-0.15, -0.1) is 18.3 Å². The zero-order chi connectivity index (χ0) is 18.8. The summed E-state index contributed by atoms with van der Waals surface area (Å²) >= 11 is 1.29. The summed E-state index contributed by atoms with van der Waals surface area (Å²) in [6.07, 6.45) is 1.50. The van der Waals surface area contributed by atoms with Crippen molar-refractivity contribution in [1.29, 1.82) is 0 Å².